The number of aliphatic hydroxyl groups excluding tert-OH is 1. The number of rotatable bonds is 4. The van der Waals surface area contributed by atoms with E-state index >= 15 is 0 Å². The molecule has 4 N–H and O–H groups in total. The molecule has 1 amide bonds. The highest BCUT2D eigenvalue weighted by molar-refractivity contribution is 5.91. The number of amides is 1. The molecular weight excluding hydrogens is 242 g/mol. The number of hydrogen-bond acceptors (Lipinski definition) is 4. The Morgan fingerprint density at radius 1 is 1.68 bits per heavy atom. The predicted octanol–water partition coefficient (Wildman–Crippen LogP) is 1.53. The molecule has 1 aliphatic rings. The van der Waals surface area contributed by atoms with Crippen LogP contribution in [-0.4, -0.2) is 28.1 Å². The zero-order valence-electron chi connectivity index (χ0n) is 11.2. The van der Waals surface area contributed by atoms with Crippen molar-refractivity contribution in [2.45, 2.75) is 38.1 Å². The normalized spacial score (nSPS) is 26.9. The van der Waals surface area contributed by atoms with E-state index in [1.807, 2.05) is 0 Å². The summed E-state index contributed by atoms with van der Waals surface area (Å²) in [6.07, 6.45) is 5.72. The van der Waals surface area contributed by atoms with Gasteiger partial charge in [-0.15, -0.1) is 0 Å². The summed E-state index contributed by atoms with van der Waals surface area (Å²) in [4.78, 5) is 15.0. The van der Waals surface area contributed by atoms with Gasteiger partial charge >= 0.3 is 0 Å². The van der Waals surface area contributed by atoms with Crippen LogP contribution in [0.2, 0.25) is 0 Å². The van der Waals surface area contributed by atoms with Crippen LogP contribution in [0, 0.1) is 5.92 Å². The van der Waals surface area contributed by atoms with Gasteiger partial charge in [0.15, 0.2) is 0 Å². The van der Waals surface area contributed by atoms with E-state index in [4.69, 9.17) is 5.73 Å². The van der Waals surface area contributed by atoms with Gasteiger partial charge in [0.2, 0.25) is 0 Å². The molecule has 0 saturated heterocycles. The van der Waals surface area contributed by atoms with Crippen molar-refractivity contribution in [3.8, 4) is 0 Å². The Hall–Kier alpha value is -1.62. The molecule has 104 valence electrons. The molecule has 0 spiro atoms. The maximum Gasteiger partial charge on any atom is 0.267 e. The van der Waals surface area contributed by atoms with Gasteiger partial charge in [-0.05, 0) is 30.9 Å². The third kappa shape index (κ3) is 3.23. The van der Waals surface area contributed by atoms with Gasteiger partial charge in [-0.2, -0.15) is 0 Å². The molecule has 1 aromatic rings. The molecular formula is C14H21N3O2. The first kappa shape index (κ1) is 13.8. The topological polar surface area (TPSA) is 88.2 Å². The highest BCUT2D eigenvalue weighted by Gasteiger charge is 2.34. The number of carbonyl (C=O) groups is 1. The van der Waals surface area contributed by atoms with Gasteiger partial charge < -0.3 is 16.2 Å². The first-order valence-corrected chi connectivity index (χ1v) is 6.69. The van der Waals surface area contributed by atoms with E-state index in [0.29, 0.717) is 5.92 Å². The molecule has 1 heterocycles. The summed E-state index contributed by atoms with van der Waals surface area (Å²) < 4.78 is 0. The van der Waals surface area contributed by atoms with E-state index in [2.05, 4.69) is 17.2 Å². The zero-order chi connectivity index (χ0) is 13.9. The molecule has 0 aliphatic heterocycles. The molecule has 19 heavy (non-hydrogen) atoms. The van der Waals surface area contributed by atoms with Crippen molar-refractivity contribution in [2.75, 3.05) is 11.9 Å². The first-order valence-electron chi connectivity index (χ1n) is 6.69. The van der Waals surface area contributed by atoms with Crippen LogP contribution < -0.4 is 11.1 Å². The molecule has 0 radical (unpaired) electrons. The number of primary amides is 1. The monoisotopic (exact) mass is 263 g/mol. The predicted molar refractivity (Wildman–Crippen MR) is 73.8 cm³/mol. The van der Waals surface area contributed by atoms with Crippen LogP contribution in [0.15, 0.2) is 18.3 Å². The van der Waals surface area contributed by atoms with E-state index < -0.39 is 5.91 Å². The van der Waals surface area contributed by atoms with Crippen molar-refractivity contribution < 1.29 is 9.90 Å². The summed E-state index contributed by atoms with van der Waals surface area (Å²) in [7, 11) is 0. The van der Waals surface area contributed by atoms with E-state index in [1.165, 1.54) is 6.42 Å². The van der Waals surface area contributed by atoms with Crippen molar-refractivity contribution in [3.63, 3.8) is 0 Å². The van der Waals surface area contributed by atoms with Crippen LogP contribution >= 0.6 is 0 Å². The molecule has 1 fully saturated rings. The Kier molecular flexibility index (Phi) is 4.04. The number of nitrogens with one attached hydrogen (secondary N) is 1. The maximum atomic E-state index is 11.1. The quantitative estimate of drug-likeness (QED) is 0.768. The Labute approximate surface area is 113 Å². The number of nitrogens with zero attached hydrogens (tertiary/aromatic N) is 1. The maximum absolute atomic E-state index is 11.1. The standard InChI is InChI=1S/C14H21N3O2/c1-10-3-2-5-14(8-10,9-18)17-11-4-6-16-12(7-11)13(15)19/h4,6-7,10,18H,2-3,5,8-9H2,1H3,(H2,15,19)(H,16,17). The van der Waals surface area contributed by atoms with Gasteiger partial charge in [0, 0.05) is 11.9 Å². The number of nitrogens with two attached hydrogens (primary N) is 1. The summed E-state index contributed by atoms with van der Waals surface area (Å²) in [5, 5.41) is 13.1. The second-order valence-corrected chi connectivity index (χ2v) is 5.56. The fourth-order valence-corrected chi connectivity index (χ4v) is 2.91. The minimum atomic E-state index is -0.543. The highest BCUT2D eigenvalue weighted by Crippen LogP contribution is 2.34. The number of hydrogen-bond donors (Lipinski definition) is 3. The van der Waals surface area contributed by atoms with Crippen LogP contribution in [0.1, 0.15) is 43.1 Å². The van der Waals surface area contributed by atoms with Crippen LogP contribution in [0.25, 0.3) is 0 Å². The second-order valence-electron chi connectivity index (χ2n) is 5.56. The van der Waals surface area contributed by atoms with Crippen LogP contribution in [0.3, 0.4) is 0 Å². The summed E-state index contributed by atoms with van der Waals surface area (Å²) in [6, 6.07) is 3.43. The molecule has 2 unspecified atom stereocenters. The fourth-order valence-electron chi connectivity index (χ4n) is 2.91. The van der Waals surface area contributed by atoms with Gasteiger partial charge in [0.25, 0.3) is 5.91 Å². The molecule has 5 heteroatoms. The second kappa shape index (κ2) is 5.57. The Morgan fingerprint density at radius 3 is 3.11 bits per heavy atom. The van der Waals surface area contributed by atoms with Gasteiger partial charge in [-0.25, -0.2) is 0 Å². The molecule has 1 aliphatic carbocycles. The van der Waals surface area contributed by atoms with E-state index in [1.54, 1.807) is 18.3 Å². The van der Waals surface area contributed by atoms with E-state index in [0.717, 1.165) is 24.9 Å². The minimum absolute atomic E-state index is 0.0889. The zero-order valence-corrected chi connectivity index (χ0v) is 11.2. The molecule has 2 atom stereocenters. The fraction of sp³-hybridized carbons (Fsp3) is 0.571. The number of aliphatic hydroxyl groups is 1. The largest absolute Gasteiger partial charge is 0.394 e. The lowest BCUT2D eigenvalue weighted by atomic mass is 9.76. The Bertz CT molecular complexity index is 464. The van der Waals surface area contributed by atoms with Crippen molar-refractivity contribution in [2.24, 2.45) is 11.7 Å². The van der Waals surface area contributed by atoms with E-state index in [-0.39, 0.29) is 17.8 Å². The summed E-state index contributed by atoms with van der Waals surface area (Å²) in [5.41, 5.74) is 5.95. The van der Waals surface area contributed by atoms with Crippen LogP contribution in [0.5, 0.6) is 0 Å². The third-order valence-electron chi connectivity index (χ3n) is 3.82. The summed E-state index contributed by atoms with van der Waals surface area (Å²) in [5.74, 6) is 0.0459. The molecule has 5 nitrogen and oxygen atoms in total. The van der Waals surface area contributed by atoms with E-state index in [9.17, 15) is 9.90 Å². The van der Waals surface area contributed by atoms with Crippen molar-refractivity contribution in [1.82, 2.24) is 4.98 Å². The van der Waals surface area contributed by atoms with Gasteiger partial charge in [0.05, 0.1) is 12.1 Å². The molecule has 2 rings (SSSR count). The molecule has 1 saturated carbocycles. The van der Waals surface area contributed by atoms with Gasteiger partial charge in [0.1, 0.15) is 5.69 Å². The Morgan fingerprint density at radius 2 is 2.47 bits per heavy atom. The lowest BCUT2D eigenvalue weighted by molar-refractivity contribution is 0.0995. The molecule has 0 aromatic carbocycles. The molecule has 1 aromatic heterocycles. The summed E-state index contributed by atoms with van der Waals surface area (Å²) >= 11 is 0. The number of anilines is 1. The Balaban J connectivity index is 2.18. The first-order chi connectivity index (χ1) is 9.04. The lowest BCUT2D eigenvalue weighted by Crippen LogP contribution is -2.45. The van der Waals surface area contributed by atoms with Crippen molar-refractivity contribution in [3.05, 3.63) is 24.0 Å². The SMILES string of the molecule is CC1CCCC(CO)(Nc2ccnc(C(N)=O)c2)C1. The minimum Gasteiger partial charge on any atom is -0.394 e. The van der Waals surface area contributed by atoms with Crippen molar-refractivity contribution >= 4 is 11.6 Å². The smallest absolute Gasteiger partial charge is 0.267 e. The number of pyridine rings is 1. The third-order valence-corrected chi connectivity index (χ3v) is 3.82. The lowest BCUT2D eigenvalue weighted by Gasteiger charge is -2.40. The van der Waals surface area contributed by atoms with Gasteiger partial charge in [-0.1, -0.05) is 19.8 Å². The van der Waals surface area contributed by atoms with Gasteiger partial charge in [-0.3, -0.25) is 9.78 Å². The number of carbonyl (C=O) groups excluding carboxylic acids is 1. The van der Waals surface area contributed by atoms with Crippen molar-refractivity contribution in [1.29, 1.82) is 0 Å². The molecule has 0 bridgehead atoms. The number of aromatic nitrogens is 1. The highest BCUT2D eigenvalue weighted by atomic mass is 16.3. The average molecular weight is 263 g/mol. The average Bonchev–Trinajstić information content (AvgIpc) is 2.39. The van der Waals surface area contributed by atoms with Crippen LogP contribution in [-0.2, 0) is 0 Å². The summed E-state index contributed by atoms with van der Waals surface area (Å²) in [6.45, 7) is 2.29. The van der Waals surface area contributed by atoms with Crippen LogP contribution in [0.4, 0.5) is 5.69 Å².